The summed E-state index contributed by atoms with van der Waals surface area (Å²) < 4.78 is 18.5. The topological polar surface area (TPSA) is 47.0 Å². The summed E-state index contributed by atoms with van der Waals surface area (Å²) in [5, 5.41) is 3.03. The van der Waals surface area contributed by atoms with Crippen molar-refractivity contribution in [2.45, 2.75) is 20.3 Å². The lowest BCUT2D eigenvalue weighted by Gasteiger charge is -2.10. The molecule has 0 bridgehead atoms. The van der Waals surface area contributed by atoms with Crippen molar-refractivity contribution in [1.82, 2.24) is 9.97 Å². The second-order valence-corrected chi connectivity index (χ2v) is 5.27. The van der Waals surface area contributed by atoms with Gasteiger partial charge in [0.2, 0.25) is 0 Å². The highest BCUT2D eigenvalue weighted by Crippen LogP contribution is 2.25. The molecule has 0 saturated heterocycles. The van der Waals surface area contributed by atoms with Crippen LogP contribution in [-0.2, 0) is 6.42 Å². The predicted octanol–water partition coefficient (Wildman–Crippen LogP) is 3.53. The molecular formula is C16H20FN3O. The Kier molecular flexibility index (Phi) is 4.73. The van der Waals surface area contributed by atoms with Gasteiger partial charge in [0.1, 0.15) is 5.82 Å². The maximum Gasteiger partial charge on any atom is 0.165 e. The Balaban J connectivity index is 2.47. The third kappa shape index (κ3) is 3.68. The SMILES string of the molecule is CNc1cc(CC(C)C)nc(-c2ccc(F)c(OC)c2)n1. The van der Waals surface area contributed by atoms with E-state index in [0.717, 1.165) is 23.5 Å². The molecule has 0 amide bonds. The van der Waals surface area contributed by atoms with Crippen LogP contribution in [0.15, 0.2) is 24.3 Å². The maximum atomic E-state index is 13.5. The van der Waals surface area contributed by atoms with E-state index in [2.05, 4.69) is 29.1 Å². The summed E-state index contributed by atoms with van der Waals surface area (Å²) in [6.45, 7) is 4.28. The van der Waals surface area contributed by atoms with E-state index in [1.807, 2.05) is 13.1 Å². The van der Waals surface area contributed by atoms with Crippen LogP contribution in [0.3, 0.4) is 0 Å². The number of halogens is 1. The molecule has 0 aliphatic rings. The number of aromatic nitrogens is 2. The lowest BCUT2D eigenvalue weighted by molar-refractivity contribution is 0.386. The maximum absolute atomic E-state index is 13.5. The van der Waals surface area contributed by atoms with Crippen molar-refractivity contribution in [3.63, 3.8) is 0 Å². The minimum absolute atomic E-state index is 0.191. The van der Waals surface area contributed by atoms with Crippen LogP contribution >= 0.6 is 0 Å². The second-order valence-electron chi connectivity index (χ2n) is 5.27. The third-order valence-corrected chi connectivity index (χ3v) is 3.06. The van der Waals surface area contributed by atoms with Crippen LogP contribution in [0.4, 0.5) is 10.2 Å². The number of nitrogens with zero attached hydrogens (tertiary/aromatic N) is 2. The average Bonchev–Trinajstić information content (AvgIpc) is 2.46. The van der Waals surface area contributed by atoms with Gasteiger partial charge in [0, 0.05) is 24.4 Å². The fourth-order valence-corrected chi connectivity index (χ4v) is 2.08. The zero-order chi connectivity index (χ0) is 15.4. The fourth-order valence-electron chi connectivity index (χ4n) is 2.08. The summed E-state index contributed by atoms with van der Waals surface area (Å²) in [5.74, 6) is 1.61. The molecule has 5 heteroatoms. The highest BCUT2D eigenvalue weighted by Gasteiger charge is 2.11. The van der Waals surface area contributed by atoms with Gasteiger partial charge in [-0.25, -0.2) is 14.4 Å². The van der Waals surface area contributed by atoms with E-state index < -0.39 is 5.82 Å². The summed E-state index contributed by atoms with van der Waals surface area (Å²) in [7, 11) is 3.26. The molecule has 1 N–H and O–H groups in total. The van der Waals surface area contributed by atoms with Crippen molar-refractivity contribution in [2.75, 3.05) is 19.5 Å². The zero-order valence-corrected chi connectivity index (χ0v) is 12.8. The molecule has 0 saturated carbocycles. The molecule has 0 unspecified atom stereocenters. The Labute approximate surface area is 124 Å². The molecule has 1 aromatic carbocycles. The van der Waals surface area contributed by atoms with Crippen molar-refractivity contribution in [3.05, 3.63) is 35.8 Å². The van der Waals surface area contributed by atoms with Gasteiger partial charge >= 0.3 is 0 Å². The van der Waals surface area contributed by atoms with E-state index >= 15 is 0 Å². The van der Waals surface area contributed by atoms with Gasteiger partial charge in [-0.1, -0.05) is 13.8 Å². The molecule has 1 heterocycles. The standard InChI is InChI=1S/C16H20FN3O/c1-10(2)7-12-9-15(18-3)20-16(19-12)11-5-6-13(17)14(8-11)21-4/h5-6,8-10H,7H2,1-4H3,(H,18,19,20). The van der Waals surface area contributed by atoms with E-state index in [1.165, 1.54) is 13.2 Å². The molecule has 0 atom stereocenters. The first-order valence-electron chi connectivity index (χ1n) is 6.93. The zero-order valence-electron chi connectivity index (χ0n) is 12.8. The highest BCUT2D eigenvalue weighted by molar-refractivity contribution is 5.60. The molecule has 4 nitrogen and oxygen atoms in total. The van der Waals surface area contributed by atoms with Crippen LogP contribution in [0, 0.1) is 11.7 Å². The molecule has 2 rings (SSSR count). The quantitative estimate of drug-likeness (QED) is 0.914. The summed E-state index contributed by atoms with van der Waals surface area (Å²) in [5.41, 5.74) is 1.69. The molecule has 21 heavy (non-hydrogen) atoms. The molecule has 112 valence electrons. The predicted molar refractivity (Wildman–Crippen MR) is 82.1 cm³/mol. The summed E-state index contributed by atoms with van der Waals surface area (Å²) in [6, 6.07) is 6.57. The lowest BCUT2D eigenvalue weighted by Crippen LogP contribution is -2.04. The number of rotatable bonds is 5. The van der Waals surface area contributed by atoms with Gasteiger partial charge in [-0.05, 0) is 30.5 Å². The van der Waals surface area contributed by atoms with E-state index in [1.54, 1.807) is 12.1 Å². The van der Waals surface area contributed by atoms with Gasteiger partial charge in [0.05, 0.1) is 7.11 Å². The molecule has 0 fully saturated rings. The minimum atomic E-state index is -0.395. The first kappa shape index (κ1) is 15.2. The molecule has 0 radical (unpaired) electrons. The van der Waals surface area contributed by atoms with Crippen LogP contribution in [0.25, 0.3) is 11.4 Å². The van der Waals surface area contributed by atoms with Crippen molar-refractivity contribution in [3.8, 4) is 17.1 Å². The van der Waals surface area contributed by atoms with Crippen LogP contribution in [-0.4, -0.2) is 24.1 Å². The number of hydrogen-bond donors (Lipinski definition) is 1. The minimum Gasteiger partial charge on any atom is -0.494 e. The number of ether oxygens (including phenoxy) is 1. The van der Waals surface area contributed by atoms with Crippen molar-refractivity contribution in [1.29, 1.82) is 0 Å². The lowest BCUT2D eigenvalue weighted by atomic mass is 10.1. The number of anilines is 1. The smallest absolute Gasteiger partial charge is 0.165 e. The average molecular weight is 289 g/mol. The summed E-state index contributed by atoms with van der Waals surface area (Å²) in [4.78, 5) is 9.00. The number of hydrogen-bond acceptors (Lipinski definition) is 4. The van der Waals surface area contributed by atoms with Gasteiger partial charge in [-0.15, -0.1) is 0 Å². The molecule has 2 aromatic rings. The highest BCUT2D eigenvalue weighted by atomic mass is 19.1. The molecular weight excluding hydrogens is 269 g/mol. The van der Waals surface area contributed by atoms with Gasteiger partial charge in [-0.2, -0.15) is 0 Å². The normalized spacial score (nSPS) is 10.8. The largest absolute Gasteiger partial charge is 0.494 e. The van der Waals surface area contributed by atoms with Crippen LogP contribution < -0.4 is 10.1 Å². The van der Waals surface area contributed by atoms with E-state index in [-0.39, 0.29) is 5.75 Å². The van der Waals surface area contributed by atoms with Crippen molar-refractivity contribution in [2.24, 2.45) is 5.92 Å². The monoisotopic (exact) mass is 289 g/mol. The van der Waals surface area contributed by atoms with E-state index in [0.29, 0.717) is 11.7 Å². The van der Waals surface area contributed by atoms with Crippen molar-refractivity contribution >= 4 is 5.82 Å². The number of nitrogens with one attached hydrogen (secondary N) is 1. The number of benzene rings is 1. The Bertz CT molecular complexity index is 629. The number of methoxy groups -OCH3 is 1. The van der Waals surface area contributed by atoms with Gasteiger partial charge in [0.15, 0.2) is 17.4 Å². The molecule has 0 spiro atoms. The Hall–Kier alpha value is -2.17. The first-order chi connectivity index (χ1) is 10.0. The Morgan fingerprint density at radius 3 is 2.62 bits per heavy atom. The third-order valence-electron chi connectivity index (χ3n) is 3.06. The van der Waals surface area contributed by atoms with Crippen LogP contribution in [0.1, 0.15) is 19.5 Å². The van der Waals surface area contributed by atoms with Crippen LogP contribution in [0.5, 0.6) is 5.75 Å². The molecule has 0 aliphatic heterocycles. The van der Waals surface area contributed by atoms with E-state index in [4.69, 9.17) is 4.74 Å². The van der Waals surface area contributed by atoms with Gasteiger partial charge < -0.3 is 10.1 Å². The van der Waals surface area contributed by atoms with Gasteiger partial charge in [-0.3, -0.25) is 0 Å². The van der Waals surface area contributed by atoms with Crippen LogP contribution in [0.2, 0.25) is 0 Å². The molecule has 0 aliphatic carbocycles. The van der Waals surface area contributed by atoms with Crippen molar-refractivity contribution < 1.29 is 9.13 Å². The van der Waals surface area contributed by atoms with Gasteiger partial charge in [0.25, 0.3) is 0 Å². The molecule has 1 aromatic heterocycles. The Morgan fingerprint density at radius 2 is 2.00 bits per heavy atom. The Morgan fingerprint density at radius 1 is 1.24 bits per heavy atom. The second kappa shape index (κ2) is 6.52. The summed E-state index contributed by atoms with van der Waals surface area (Å²) in [6.07, 6.45) is 0.864. The first-order valence-corrected chi connectivity index (χ1v) is 6.93. The summed E-state index contributed by atoms with van der Waals surface area (Å²) >= 11 is 0. The van der Waals surface area contributed by atoms with E-state index in [9.17, 15) is 4.39 Å². The fraction of sp³-hybridized carbons (Fsp3) is 0.375.